The molecule has 0 radical (unpaired) electrons. The largest absolute Gasteiger partial charge is 0.383 e. The van der Waals surface area contributed by atoms with Crippen LogP contribution in [0.3, 0.4) is 0 Å². The average Bonchev–Trinajstić information content (AvgIpc) is 2.16. The molecule has 2 nitrogen and oxygen atoms in total. The lowest BCUT2D eigenvalue weighted by atomic mass is 9.74. The van der Waals surface area contributed by atoms with Crippen LogP contribution in [0, 0.1) is 17.8 Å². The van der Waals surface area contributed by atoms with Crippen LogP contribution in [-0.2, 0) is 4.74 Å². The third-order valence-electron chi connectivity index (χ3n) is 3.60. The quantitative estimate of drug-likeness (QED) is 0.758. The van der Waals surface area contributed by atoms with Crippen molar-refractivity contribution in [3.8, 4) is 0 Å². The Balaban J connectivity index is 2.49. The molecule has 90 valence electrons. The Kier molecular flexibility index (Phi) is 5.62. The summed E-state index contributed by atoms with van der Waals surface area (Å²) in [6.45, 7) is 8.86. The summed E-state index contributed by atoms with van der Waals surface area (Å²) in [5.74, 6) is 2.58. The number of methoxy groups -OCH3 is 1. The lowest BCUT2D eigenvalue weighted by molar-refractivity contribution is 0.102. The van der Waals surface area contributed by atoms with E-state index in [1.807, 2.05) is 0 Å². The van der Waals surface area contributed by atoms with Crippen LogP contribution in [0.5, 0.6) is 0 Å². The van der Waals surface area contributed by atoms with Gasteiger partial charge in [-0.25, -0.2) is 0 Å². The fourth-order valence-electron chi connectivity index (χ4n) is 3.14. The first-order valence-corrected chi connectivity index (χ1v) is 6.39. The van der Waals surface area contributed by atoms with Crippen LogP contribution in [0.15, 0.2) is 0 Å². The normalized spacial score (nSPS) is 34.0. The Hall–Kier alpha value is -0.0800. The van der Waals surface area contributed by atoms with E-state index >= 15 is 0 Å². The number of ether oxygens (including phenoxy) is 1. The number of hydrogen-bond donors (Lipinski definition) is 1. The van der Waals surface area contributed by atoms with Gasteiger partial charge in [-0.15, -0.1) is 0 Å². The van der Waals surface area contributed by atoms with Crippen molar-refractivity contribution in [1.82, 2.24) is 5.32 Å². The number of hydrogen-bond acceptors (Lipinski definition) is 2. The molecular formula is C13H27NO. The van der Waals surface area contributed by atoms with E-state index in [1.165, 1.54) is 19.3 Å². The SMILES string of the molecule is CCNC(COC)C1CC(C)CC(C)C1. The molecule has 0 aromatic carbocycles. The van der Waals surface area contributed by atoms with Crippen molar-refractivity contribution in [2.24, 2.45) is 17.8 Å². The molecule has 0 spiro atoms. The zero-order valence-electron chi connectivity index (χ0n) is 10.8. The smallest absolute Gasteiger partial charge is 0.0618 e. The molecule has 15 heavy (non-hydrogen) atoms. The minimum Gasteiger partial charge on any atom is -0.383 e. The highest BCUT2D eigenvalue weighted by atomic mass is 16.5. The van der Waals surface area contributed by atoms with E-state index in [0.717, 1.165) is 30.9 Å². The molecule has 1 saturated carbocycles. The van der Waals surface area contributed by atoms with Gasteiger partial charge in [-0.05, 0) is 43.6 Å². The van der Waals surface area contributed by atoms with Gasteiger partial charge in [0.2, 0.25) is 0 Å². The van der Waals surface area contributed by atoms with Gasteiger partial charge in [0.25, 0.3) is 0 Å². The van der Waals surface area contributed by atoms with Crippen LogP contribution in [0.1, 0.15) is 40.0 Å². The molecule has 1 fully saturated rings. The van der Waals surface area contributed by atoms with Crippen molar-refractivity contribution in [3.05, 3.63) is 0 Å². The van der Waals surface area contributed by atoms with Crippen molar-refractivity contribution in [3.63, 3.8) is 0 Å². The van der Waals surface area contributed by atoms with Crippen molar-refractivity contribution >= 4 is 0 Å². The predicted octanol–water partition coefficient (Wildman–Crippen LogP) is 2.68. The second-order valence-corrected chi connectivity index (χ2v) is 5.30. The Morgan fingerprint density at radius 2 is 1.80 bits per heavy atom. The van der Waals surface area contributed by atoms with Crippen molar-refractivity contribution in [1.29, 1.82) is 0 Å². The highest BCUT2D eigenvalue weighted by Gasteiger charge is 2.29. The molecule has 1 rings (SSSR count). The third kappa shape index (κ3) is 4.12. The number of likely N-dealkylation sites (N-methyl/N-ethyl adjacent to an activating group) is 1. The summed E-state index contributed by atoms with van der Waals surface area (Å²) in [7, 11) is 1.81. The van der Waals surface area contributed by atoms with Crippen molar-refractivity contribution in [2.45, 2.75) is 46.1 Å². The first kappa shape index (κ1) is 13.0. The highest BCUT2D eigenvalue weighted by Crippen LogP contribution is 2.34. The summed E-state index contributed by atoms with van der Waals surface area (Å²) >= 11 is 0. The van der Waals surface area contributed by atoms with Gasteiger partial charge >= 0.3 is 0 Å². The fourth-order valence-corrected chi connectivity index (χ4v) is 3.14. The third-order valence-corrected chi connectivity index (χ3v) is 3.60. The van der Waals surface area contributed by atoms with E-state index in [0.29, 0.717) is 6.04 Å². The maximum absolute atomic E-state index is 5.32. The zero-order valence-corrected chi connectivity index (χ0v) is 10.8. The molecule has 0 heterocycles. The van der Waals surface area contributed by atoms with E-state index in [9.17, 15) is 0 Å². The van der Waals surface area contributed by atoms with Crippen LogP contribution in [0.25, 0.3) is 0 Å². The minimum absolute atomic E-state index is 0.560. The summed E-state index contributed by atoms with van der Waals surface area (Å²) < 4.78 is 5.32. The Labute approximate surface area is 94.8 Å². The molecule has 1 aliphatic carbocycles. The van der Waals surface area contributed by atoms with Gasteiger partial charge in [0.05, 0.1) is 6.61 Å². The zero-order chi connectivity index (χ0) is 11.3. The Morgan fingerprint density at radius 1 is 1.20 bits per heavy atom. The molecule has 0 aromatic rings. The first-order valence-electron chi connectivity index (χ1n) is 6.39. The summed E-state index contributed by atoms with van der Waals surface area (Å²) in [5, 5.41) is 3.57. The van der Waals surface area contributed by atoms with E-state index in [4.69, 9.17) is 4.74 Å². The van der Waals surface area contributed by atoms with Crippen LogP contribution >= 0.6 is 0 Å². The molecule has 3 unspecified atom stereocenters. The fraction of sp³-hybridized carbons (Fsp3) is 1.00. The lowest BCUT2D eigenvalue weighted by Gasteiger charge is -2.36. The average molecular weight is 213 g/mol. The van der Waals surface area contributed by atoms with Crippen molar-refractivity contribution in [2.75, 3.05) is 20.3 Å². The molecule has 0 amide bonds. The van der Waals surface area contributed by atoms with Gasteiger partial charge in [-0.2, -0.15) is 0 Å². The van der Waals surface area contributed by atoms with E-state index in [-0.39, 0.29) is 0 Å². The second-order valence-electron chi connectivity index (χ2n) is 5.30. The predicted molar refractivity (Wildman–Crippen MR) is 65.0 cm³/mol. The summed E-state index contributed by atoms with van der Waals surface area (Å²) in [6, 6.07) is 0.560. The molecule has 0 aromatic heterocycles. The van der Waals surface area contributed by atoms with E-state index in [2.05, 4.69) is 26.1 Å². The van der Waals surface area contributed by atoms with Crippen LogP contribution in [0.2, 0.25) is 0 Å². The molecule has 0 saturated heterocycles. The molecule has 0 bridgehead atoms. The van der Waals surface area contributed by atoms with Gasteiger partial charge in [0, 0.05) is 13.2 Å². The van der Waals surface area contributed by atoms with Crippen LogP contribution < -0.4 is 5.32 Å². The van der Waals surface area contributed by atoms with E-state index in [1.54, 1.807) is 7.11 Å². The maximum Gasteiger partial charge on any atom is 0.0618 e. The van der Waals surface area contributed by atoms with Crippen LogP contribution in [0.4, 0.5) is 0 Å². The second kappa shape index (κ2) is 6.49. The highest BCUT2D eigenvalue weighted by molar-refractivity contribution is 4.83. The Bertz CT molecular complexity index is 156. The van der Waals surface area contributed by atoms with Gasteiger partial charge in [0.15, 0.2) is 0 Å². The molecule has 2 heteroatoms. The topological polar surface area (TPSA) is 21.3 Å². The molecular weight excluding hydrogens is 186 g/mol. The van der Waals surface area contributed by atoms with Gasteiger partial charge in [-0.3, -0.25) is 0 Å². The Morgan fingerprint density at radius 3 is 2.27 bits per heavy atom. The summed E-state index contributed by atoms with van der Waals surface area (Å²) in [5.41, 5.74) is 0. The first-order chi connectivity index (χ1) is 7.17. The van der Waals surface area contributed by atoms with Gasteiger partial charge < -0.3 is 10.1 Å². The standard InChI is InChI=1S/C13H27NO/c1-5-14-13(9-15-4)12-7-10(2)6-11(3)8-12/h10-14H,5-9H2,1-4H3. The number of nitrogens with one attached hydrogen (secondary N) is 1. The van der Waals surface area contributed by atoms with Crippen molar-refractivity contribution < 1.29 is 4.74 Å². The monoisotopic (exact) mass is 213 g/mol. The van der Waals surface area contributed by atoms with E-state index < -0.39 is 0 Å². The molecule has 1 aliphatic rings. The minimum atomic E-state index is 0.560. The summed E-state index contributed by atoms with van der Waals surface area (Å²) in [4.78, 5) is 0. The van der Waals surface area contributed by atoms with Gasteiger partial charge in [0.1, 0.15) is 0 Å². The molecule has 0 aliphatic heterocycles. The molecule has 3 atom stereocenters. The lowest BCUT2D eigenvalue weighted by Crippen LogP contribution is -2.42. The van der Waals surface area contributed by atoms with Gasteiger partial charge in [-0.1, -0.05) is 20.8 Å². The maximum atomic E-state index is 5.32. The molecule has 1 N–H and O–H groups in total. The number of rotatable bonds is 5. The summed E-state index contributed by atoms with van der Waals surface area (Å²) in [6.07, 6.45) is 4.14. The van der Waals surface area contributed by atoms with Crippen LogP contribution in [-0.4, -0.2) is 26.3 Å².